The maximum atomic E-state index is 5.32. The molecule has 3 nitrogen and oxygen atoms in total. The fourth-order valence-corrected chi connectivity index (χ4v) is 3.03. The van der Waals surface area contributed by atoms with Crippen LogP contribution in [0.25, 0.3) is 0 Å². The van der Waals surface area contributed by atoms with Crippen molar-refractivity contribution in [2.45, 2.75) is 33.1 Å². The first-order valence-corrected chi connectivity index (χ1v) is 8.38. The third kappa shape index (κ3) is 6.02. The normalized spacial score (nSPS) is 19.2. The van der Waals surface area contributed by atoms with Crippen molar-refractivity contribution in [1.29, 1.82) is 0 Å². The number of piperidine rings is 1. The zero-order chi connectivity index (χ0) is 15.1. The van der Waals surface area contributed by atoms with E-state index in [4.69, 9.17) is 12.2 Å². The summed E-state index contributed by atoms with van der Waals surface area (Å²) < 4.78 is 0. The molecule has 1 fully saturated rings. The first-order chi connectivity index (χ1) is 10.1. The molecule has 2 N–H and O–H groups in total. The molecule has 2 rings (SSSR count). The molecule has 1 aromatic rings. The topological polar surface area (TPSA) is 27.3 Å². The third-order valence-corrected chi connectivity index (χ3v) is 4.23. The van der Waals surface area contributed by atoms with Crippen molar-refractivity contribution in [3.63, 3.8) is 0 Å². The minimum Gasteiger partial charge on any atom is -0.362 e. The molecule has 1 heterocycles. The van der Waals surface area contributed by atoms with Crippen LogP contribution in [0.15, 0.2) is 24.3 Å². The molecule has 0 spiro atoms. The lowest BCUT2D eigenvalue weighted by atomic mass is 10.0. The highest BCUT2D eigenvalue weighted by Crippen LogP contribution is 2.15. The molecule has 0 aliphatic carbocycles. The van der Waals surface area contributed by atoms with Crippen molar-refractivity contribution in [3.8, 4) is 0 Å². The number of anilines is 1. The average molecular weight is 305 g/mol. The van der Waals surface area contributed by atoms with Gasteiger partial charge in [-0.25, -0.2) is 0 Å². The van der Waals surface area contributed by atoms with Crippen LogP contribution in [0.5, 0.6) is 0 Å². The standard InChI is InChI=1S/C17H27N3S/c1-14-6-8-16(9-7-14)19-17(21)18-10-4-12-20-11-3-5-15(2)13-20/h6-9,15H,3-5,10-13H2,1-2H3,(H2,18,19,21)/t15-/m1/s1. The smallest absolute Gasteiger partial charge is 0.170 e. The van der Waals surface area contributed by atoms with Gasteiger partial charge in [-0.05, 0) is 69.5 Å². The number of aryl methyl sites for hydroxylation is 1. The van der Waals surface area contributed by atoms with E-state index in [-0.39, 0.29) is 0 Å². The SMILES string of the molecule is Cc1ccc(NC(=S)NCCCN2CCC[C@@H](C)C2)cc1. The zero-order valence-corrected chi connectivity index (χ0v) is 14.0. The van der Waals surface area contributed by atoms with Crippen LogP contribution in [0, 0.1) is 12.8 Å². The Labute approximate surface area is 134 Å². The maximum absolute atomic E-state index is 5.32. The van der Waals surface area contributed by atoms with Gasteiger partial charge in [0.15, 0.2) is 5.11 Å². The third-order valence-electron chi connectivity index (χ3n) is 3.99. The van der Waals surface area contributed by atoms with E-state index in [2.05, 4.69) is 53.6 Å². The second-order valence-corrected chi connectivity index (χ2v) is 6.56. The van der Waals surface area contributed by atoms with Crippen molar-refractivity contribution in [1.82, 2.24) is 10.2 Å². The number of nitrogens with zero attached hydrogens (tertiary/aromatic N) is 1. The van der Waals surface area contributed by atoms with E-state index in [0.29, 0.717) is 5.11 Å². The van der Waals surface area contributed by atoms with E-state index in [0.717, 1.165) is 24.6 Å². The van der Waals surface area contributed by atoms with E-state index in [1.54, 1.807) is 0 Å². The lowest BCUT2D eigenvalue weighted by molar-refractivity contribution is 0.182. The quantitative estimate of drug-likeness (QED) is 0.644. The van der Waals surface area contributed by atoms with Crippen molar-refractivity contribution >= 4 is 23.0 Å². The van der Waals surface area contributed by atoms with Gasteiger partial charge in [0, 0.05) is 18.8 Å². The summed E-state index contributed by atoms with van der Waals surface area (Å²) in [6, 6.07) is 8.28. The monoisotopic (exact) mass is 305 g/mol. The highest BCUT2D eigenvalue weighted by Gasteiger charge is 2.15. The van der Waals surface area contributed by atoms with Crippen LogP contribution in [0.4, 0.5) is 5.69 Å². The van der Waals surface area contributed by atoms with Crippen molar-refractivity contribution in [3.05, 3.63) is 29.8 Å². The molecule has 4 heteroatoms. The fourth-order valence-electron chi connectivity index (χ4n) is 2.81. The Kier molecular flexibility index (Phi) is 6.46. The van der Waals surface area contributed by atoms with E-state index >= 15 is 0 Å². The number of likely N-dealkylation sites (tertiary alicyclic amines) is 1. The average Bonchev–Trinajstić information content (AvgIpc) is 2.46. The fraction of sp³-hybridized carbons (Fsp3) is 0.588. The number of benzene rings is 1. The molecule has 0 amide bonds. The molecule has 1 aliphatic rings. The van der Waals surface area contributed by atoms with Gasteiger partial charge in [0.1, 0.15) is 0 Å². The lowest BCUT2D eigenvalue weighted by Gasteiger charge is -2.30. The van der Waals surface area contributed by atoms with Gasteiger partial charge in [-0.15, -0.1) is 0 Å². The van der Waals surface area contributed by atoms with Crippen LogP contribution in [-0.4, -0.2) is 36.2 Å². The summed E-state index contributed by atoms with van der Waals surface area (Å²) in [5, 5.41) is 7.23. The molecular weight excluding hydrogens is 278 g/mol. The van der Waals surface area contributed by atoms with Crippen LogP contribution in [-0.2, 0) is 0 Å². The summed E-state index contributed by atoms with van der Waals surface area (Å²) in [5.74, 6) is 0.857. The number of hydrogen-bond acceptors (Lipinski definition) is 2. The summed E-state index contributed by atoms with van der Waals surface area (Å²) in [6.45, 7) is 9.06. The van der Waals surface area contributed by atoms with E-state index in [1.807, 2.05) is 0 Å². The summed E-state index contributed by atoms with van der Waals surface area (Å²) in [5.41, 5.74) is 2.30. The van der Waals surface area contributed by atoms with Gasteiger partial charge in [0.05, 0.1) is 0 Å². The van der Waals surface area contributed by atoms with Crippen LogP contribution in [0.1, 0.15) is 31.7 Å². The second kappa shape index (κ2) is 8.35. The van der Waals surface area contributed by atoms with Crippen LogP contribution < -0.4 is 10.6 Å². The lowest BCUT2D eigenvalue weighted by Crippen LogP contribution is -2.37. The number of hydrogen-bond donors (Lipinski definition) is 2. The molecule has 116 valence electrons. The molecule has 0 saturated carbocycles. The van der Waals surface area contributed by atoms with Crippen LogP contribution in [0.3, 0.4) is 0 Å². The molecule has 1 saturated heterocycles. The van der Waals surface area contributed by atoms with Crippen molar-refractivity contribution in [2.75, 3.05) is 31.5 Å². The Balaban J connectivity index is 1.59. The summed E-state index contributed by atoms with van der Waals surface area (Å²) >= 11 is 5.32. The molecule has 1 aliphatic heterocycles. The van der Waals surface area contributed by atoms with Crippen LogP contribution in [0.2, 0.25) is 0 Å². The Morgan fingerprint density at radius 3 is 2.81 bits per heavy atom. The van der Waals surface area contributed by atoms with Crippen molar-refractivity contribution < 1.29 is 0 Å². The molecule has 0 bridgehead atoms. The molecule has 0 aromatic heterocycles. The van der Waals surface area contributed by atoms with E-state index in [9.17, 15) is 0 Å². The summed E-state index contributed by atoms with van der Waals surface area (Å²) in [7, 11) is 0. The summed E-state index contributed by atoms with van der Waals surface area (Å²) in [4.78, 5) is 2.58. The highest BCUT2D eigenvalue weighted by atomic mass is 32.1. The Bertz CT molecular complexity index is 444. The van der Waals surface area contributed by atoms with Gasteiger partial charge in [0.25, 0.3) is 0 Å². The highest BCUT2D eigenvalue weighted by molar-refractivity contribution is 7.80. The molecule has 1 aromatic carbocycles. The van der Waals surface area contributed by atoms with Gasteiger partial charge in [-0.1, -0.05) is 24.6 Å². The van der Waals surface area contributed by atoms with Crippen LogP contribution >= 0.6 is 12.2 Å². The number of rotatable bonds is 5. The largest absolute Gasteiger partial charge is 0.362 e. The first-order valence-electron chi connectivity index (χ1n) is 7.97. The molecular formula is C17H27N3S. The maximum Gasteiger partial charge on any atom is 0.170 e. The number of nitrogens with one attached hydrogen (secondary N) is 2. The summed E-state index contributed by atoms with van der Waals surface area (Å²) in [6.07, 6.45) is 3.88. The predicted octanol–water partition coefficient (Wildman–Crippen LogP) is 3.40. The molecule has 1 atom stereocenters. The Morgan fingerprint density at radius 1 is 1.33 bits per heavy atom. The molecule has 0 radical (unpaired) electrons. The van der Waals surface area contributed by atoms with Gasteiger partial charge in [-0.2, -0.15) is 0 Å². The van der Waals surface area contributed by atoms with Gasteiger partial charge in [0.2, 0.25) is 0 Å². The Hall–Kier alpha value is -1.13. The minimum absolute atomic E-state index is 0.714. The minimum atomic E-state index is 0.714. The Morgan fingerprint density at radius 2 is 2.10 bits per heavy atom. The zero-order valence-electron chi connectivity index (χ0n) is 13.2. The predicted molar refractivity (Wildman–Crippen MR) is 94.9 cm³/mol. The van der Waals surface area contributed by atoms with E-state index in [1.165, 1.54) is 38.0 Å². The van der Waals surface area contributed by atoms with Gasteiger partial charge in [-0.3, -0.25) is 0 Å². The second-order valence-electron chi connectivity index (χ2n) is 6.15. The van der Waals surface area contributed by atoms with Gasteiger partial charge >= 0.3 is 0 Å². The van der Waals surface area contributed by atoms with Crippen molar-refractivity contribution in [2.24, 2.45) is 5.92 Å². The number of thiocarbonyl (C=S) groups is 1. The molecule has 0 unspecified atom stereocenters. The molecule has 21 heavy (non-hydrogen) atoms. The first kappa shape index (κ1) is 16.2. The van der Waals surface area contributed by atoms with Gasteiger partial charge < -0.3 is 15.5 Å². The van der Waals surface area contributed by atoms with E-state index < -0.39 is 0 Å².